The second-order valence-corrected chi connectivity index (χ2v) is 6.20. The summed E-state index contributed by atoms with van der Waals surface area (Å²) >= 11 is 3.21. The van der Waals surface area contributed by atoms with Crippen molar-refractivity contribution in [3.63, 3.8) is 0 Å². The van der Waals surface area contributed by atoms with Crippen molar-refractivity contribution < 1.29 is 4.39 Å². The highest BCUT2D eigenvalue weighted by Gasteiger charge is 2.20. The smallest absolute Gasteiger partial charge is 0.137 e. The Morgan fingerprint density at radius 1 is 1.45 bits per heavy atom. The predicted octanol–water partition coefficient (Wildman–Crippen LogP) is 3.39. The lowest BCUT2D eigenvalue weighted by atomic mass is 10.2. The average molecular weight is 338 g/mol. The fraction of sp³-hybridized carbons (Fsp3) is 0.400. The van der Waals surface area contributed by atoms with Crippen LogP contribution in [0.5, 0.6) is 0 Å². The molecule has 3 nitrogen and oxygen atoms in total. The van der Waals surface area contributed by atoms with E-state index in [9.17, 15) is 4.39 Å². The molecule has 0 atom stereocenters. The van der Waals surface area contributed by atoms with Crippen LogP contribution in [-0.4, -0.2) is 15.8 Å². The molecule has 0 amide bonds. The first kappa shape index (κ1) is 13.8. The van der Waals surface area contributed by atoms with Gasteiger partial charge in [0.15, 0.2) is 0 Å². The molecule has 0 saturated heterocycles. The molecule has 1 saturated carbocycles. The van der Waals surface area contributed by atoms with E-state index in [0.717, 1.165) is 17.8 Å². The third-order valence-corrected chi connectivity index (χ3v) is 4.14. The predicted molar refractivity (Wildman–Crippen MR) is 80.0 cm³/mol. The molecule has 1 fully saturated rings. The first-order chi connectivity index (χ1) is 9.61. The van der Waals surface area contributed by atoms with Crippen LogP contribution in [0, 0.1) is 12.7 Å². The van der Waals surface area contributed by atoms with Crippen LogP contribution < -0.4 is 5.32 Å². The van der Waals surface area contributed by atoms with Gasteiger partial charge in [-0.3, -0.25) is 4.68 Å². The van der Waals surface area contributed by atoms with Gasteiger partial charge in [-0.2, -0.15) is 5.10 Å². The second-order valence-electron chi connectivity index (χ2n) is 5.34. The van der Waals surface area contributed by atoms with Gasteiger partial charge in [-0.05, 0) is 53.4 Å². The van der Waals surface area contributed by atoms with Crippen LogP contribution in [0.1, 0.15) is 29.7 Å². The summed E-state index contributed by atoms with van der Waals surface area (Å²) in [6.45, 7) is 3.56. The van der Waals surface area contributed by atoms with Crippen molar-refractivity contribution in [3.05, 3.63) is 51.5 Å². The molecule has 106 valence electrons. The van der Waals surface area contributed by atoms with Gasteiger partial charge in [0.25, 0.3) is 0 Å². The summed E-state index contributed by atoms with van der Waals surface area (Å²) in [5, 5.41) is 8.02. The van der Waals surface area contributed by atoms with Crippen molar-refractivity contribution in [1.29, 1.82) is 0 Å². The summed E-state index contributed by atoms with van der Waals surface area (Å²) in [6, 6.07) is 5.77. The molecule has 0 radical (unpaired) electrons. The van der Waals surface area contributed by atoms with Crippen LogP contribution in [0.2, 0.25) is 0 Å². The summed E-state index contributed by atoms with van der Waals surface area (Å²) in [7, 11) is 0. The van der Waals surface area contributed by atoms with Gasteiger partial charge in [0.1, 0.15) is 5.82 Å². The molecule has 1 N–H and O–H groups in total. The van der Waals surface area contributed by atoms with Gasteiger partial charge < -0.3 is 5.32 Å². The van der Waals surface area contributed by atoms with E-state index in [-0.39, 0.29) is 5.82 Å². The zero-order valence-electron chi connectivity index (χ0n) is 11.4. The lowest BCUT2D eigenvalue weighted by Gasteiger charge is -2.03. The Bertz CT molecular complexity index is 620. The van der Waals surface area contributed by atoms with E-state index < -0.39 is 0 Å². The molecular formula is C15H17BrFN3. The molecule has 0 spiro atoms. The number of rotatable bonds is 5. The Morgan fingerprint density at radius 2 is 2.25 bits per heavy atom. The SMILES string of the molecule is Cc1nn(Cc2ccc(F)c(Br)c2)cc1CNC1CC1. The maximum Gasteiger partial charge on any atom is 0.137 e. The molecule has 5 heteroatoms. The molecule has 2 aromatic rings. The molecule has 1 heterocycles. The van der Waals surface area contributed by atoms with Gasteiger partial charge in [-0.25, -0.2) is 4.39 Å². The lowest BCUT2D eigenvalue weighted by Crippen LogP contribution is -2.15. The van der Waals surface area contributed by atoms with Crippen LogP contribution in [0.25, 0.3) is 0 Å². The Kier molecular flexibility index (Phi) is 3.89. The third-order valence-electron chi connectivity index (χ3n) is 3.54. The number of aryl methyl sites for hydroxylation is 1. The number of halogens is 2. The normalized spacial score (nSPS) is 14.8. The largest absolute Gasteiger partial charge is 0.310 e. The Labute approximate surface area is 126 Å². The van der Waals surface area contributed by atoms with Gasteiger partial charge in [-0.1, -0.05) is 6.07 Å². The Morgan fingerprint density at radius 3 is 2.95 bits per heavy atom. The number of hydrogen-bond acceptors (Lipinski definition) is 2. The number of hydrogen-bond donors (Lipinski definition) is 1. The second kappa shape index (κ2) is 5.66. The van der Waals surface area contributed by atoms with Crippen LogP contribution in [0.15, 0.2) is 28.9 Å². The topological polar surface area (TPSA) is 29.9 Å². The van der Waals surface area contributed by atoms with Crippen molar-refractivity contribution in [1.82, 2.24) is 15.1 Å². The molecule has 1 aliphatic rings. The monoisotopic (exact) mass is 337 g/mol. The quantitative estimate of drug-likeness (QED) is 0.906. The van der Waals surface area contributed by atoms with Crippen molar-refractivity contribution in [2.24, 2.45) is 0 Å². The van der Waals surface area contributed by atoms with Crippen LogP contribution in [0.3, 0.4) is 0 Å². The number of nitrogens with one attached hydrogen (secondary N) is 1. The molecular weight excluding hydrogens is 321 g/mol. The Balaban J connectivity index is 1.69. The van der Waals surface area contributed by atoms with Gasteiger partial charge in [0.05, 0.1) is 16.7 Å². The van der Waals surface area contributed by atoms with E-state index in [1.54, 1.807) is 12.1 Å². The first-order valence-corrected chi connectivity index (χ1v) is 7.61. The minimum absolute atomic E-state index is 0.236. The maximum absolute atomic E-state index is 13.2. The first-order valence-electron chi connectivity index (χ1n) is 6.82. The summed E-state index contributed by atoms with van der Waals surface area (Å²) in [5.74, 6) is -0.236. The highest BCUT2D eigenvalue weighted by Crippen LogP contribution is 2.20. The average Bonchev–Trinajstić information content (AvgIpc) is 3.17. The van der Waals surface area contributed by atoms with Gasteiger partial charge in [0.2, 0.25) is 0 Å². The van der Waals surface area contributed by atoms with Crippen molar-refractivity contribution in [2.75, 3.05) is 0 Å². The summed E-state index contributed by atoms with van der Waals surface area (Å²) in [4.78, 5) is 0. The van der Waals surface area contributed by atoms with Crippen molar-refractivity contribution >= 4 is 15.9 Å². The number of aromatic nitrogens is 2. The minimum atomic E-state index is -0.236. The van der Waals surface area contributed by atoms with Crippen LogP contribution in [-0.2, 0) is 13.1 Å². The van der Waals surface area contributed by atoms with Crippen LogP contribution in [0.4, 0.5) is 4.39 Å². The van der Waals surface area contributed by atoms with Gasteiger partial charge in [-0.15, -0.1) is 0 Å². The molecule has 0 unspecified atom stereocenters. The molecule has 0 bridgehead atoms. The maximum atomic E-state index is 13.2. The fourth-order valence-corrected chi connectivity index (χ4v) is 2.61. The lowest BCUT2D eigenvalue weighted by molar-refractivity contribution is 0.617. The highest BCUT2D eigenvalue weighted by atomic mass is 79.9. The summed E-state index contributed by atoms with van der Waals surface area (Å²) in [5.41, 5.74) is 3.32. The van der Waals surface area contributed by atoms with Crippen molar-refractivity contribution in [3.8, 4) is 0 Å². The molecule has 0 aliphatic heterocycles. The van der Waals surface area contributed by atoms with E-state index in [1.165, 1.54) is 24.5 Å². The zero-order chi connectivity index (χ0) is 14.1. The van der Waals surface area contributed by atoms with Gasteiger partial charge in [0, 0.05) is 24.3 Å². The minimum Gasteiger partial charge on any atom is -0.310 e. The highest BCUT2D eigenvalue weighted by molar-refractivity contribution is 9.10. The van der Waals surface area contributed by atoms with E-state index in [1.807, 2.05) is 11.6 Å². The van der Waals surface area contributed by atoms with E-state index in [2.05, 4.69) is 32.5 Å². The van der Waals surface area contributed by atoms with E-state index in [0.29, 0.717) is 17.1 Å². The van der Waals surface area contributed by atoms with Crippen molar-refractivity contribution in [2.45, 2.75) is 38.9 Å². The van der Waals surface area contributed by atoms with E-state index in [4.69, 9.17) is 0 Å². The van der Waals surface area contributed by atoms with Crippen LogP contribution >= 0.6 is 15.9 Å². The summed E-state index contributed by atoms with van der Waals surface area (Å²) in [6.07, 6.45) is 4.65. The molecule has 1 aromatic heterocycles. The number of nitrogens with zero attached hydrogens (tertiary/aromatic N) is 2. The standard InChI is InChI=1S/C15H17BrFN3/c1-10-12(7-18-13-3-4-13)9-20(19-10)8-11-2-5-15(17)14(16)6-11/h2,5-6,9,13,18H,3-4,7-8H2,1H3. The third kappa shape index (κ3) is 3.27. The molecule has 1 aromatic carbocycles. The molecule has 1 aliphatic carbocycles. The summed E-state index contributed by atoms with van der Waals surface area (Å²) < 4.78 is 15.6. The Hall–Kier alpha value is -1.20. The van der Waals surface area contributed by atoms with E-state index >= 15 is 0 Å². The fourth-order valence-electron chi connectivity index (χ4n) is 2.18. The number of benzene rings is 1. The molecule has 20 heavy (non-hydrogen) atoms. The van der Waals surface area contributed by atoms with Gasteiger partial charge >= 0.3 is 0 Å². The molecule has 3 rings (SSSR count). The zero-order valence-corrected chi connectivity index (χ0v) is 13.0.